The third-order valence-electron chi connectivity index (χ3n) is 7.13. The van der Waals surface area contributed by atoms with Crippen LogP contribution in [0.3, 0.4) is 0 Å². The molecule has 2 aliphatic heterocycles. The maximum absolute atomic E-state index is 13.6. The van der Waals surface area contributed by atoms with Gasteiger partial charge in [0, 0.05) is 25.2 Å². The smallest absolute Gasteiger partial charge is 0.181 e. The lowest BCUT2D eigenvalue weighted by Crippen LogP contribution is -2.91. The zero-order valence-electron chi connectivity index (χ0n) is 12.7. The number of rotatable bonds is 0. The number of hydrogen-bond donors (Lipinski definition) is 2. The zero-order chi connectivity index (χ0) is 15.1. The summed E-state index contributed by atoms with van der Waals surface area (Å²) in [4.78, 5) is 12.7. The van der Waals surface area contributed by atoms with Gasteiger partial charge in [-0.1, -0.05) is 6.92 Å². The molecular weight excluding hydrogens is 270 g/mol. The molecule has 2 heterocycles. The topological polar surface area (TPSA) is 80.6 Å². The first-order chi connectivity index (χ1) is 9.79. The van der Waals surface area contributed by atoms with E-state index in [1.165, 1.54) is 0 Å². The highest BCUT2D eigenvalue weighted by atomic mass is 16.6. The van der Waals surface area contributed by atoms with Crippen LogP contribution < -0.4 is 0 Å². The van der Waals surface area contributed by atoms with Crippen LogP contribution >= 0.6 is 0 Å². The summed E-state index contributed by atoms with van der Waals surface area (Å²) in [5, 5.41) is 36.4. The summed E-state index contributed by atoms with van der Waals surface area (Å²) in [6.07, 6.45) is 3.67. The Kier molecular flexibility index (Phi) is 2.61. The van der Waals surface area contributed by atoms with Crippen LogP contribution in [-0.2, 0) is 4.79 Å². The highest BCUT2D eigenvalue weighted by Crippen LogP contribution is 2.65. The van der Waals surface area contributed by atoms with Gasteiger partial charge in [-0.2, -0.15) is 0 Å². The van der Waals surface area contributed by atoms with E-state index in [4.69, 9.17) is 0 Å². The predicted molar refractivity (Wildman–Crippen MR) is 76.0 cm³/mol. The molecule has 0 aromatic heterocycles. The van der Waals surface area contributed by atoms with Crippen LogP contribution in [0.25, 0.3) is 0 Å². The highest BCUT2D eigenvalue weighted by molar-refractivity contribution is 5.91. The Labute approximate surface area is 125 Å². The second kappa shape index (κ2) is 3.88. The molecule has 2 N–H and O–H groups in total. The summed E-state index contributed by atoms with van der Waals surface area (Å²) in [6, 6.07) is 0. The Morgan fingerprint density at radius 2 is 1.90 bits per heavy atom. The van der Waals surface area contributed by atoms with Gasteiger partial charge in [-0.05, 0) is 31.6 Å². The van der Waals surface area contributed by atoms with E-state index in [9.17, 15) is 20.2 Å². The molecule has 0 aromatic rings. The number of nitrogens with zero attached hydrogens (tertiary/aromatic N) is 1. The van der Waals surface area contributed by atoms with Gasteiger partial charge in [0.1, 0.15) is 5.60 Å². The molecule has 4 aliphatic rings. The van der Waals surface area contributed by atoms with E-state index in [0.717, 1.165) is 6.42 Å². The minimum absolute atomic E-state index is 0.154. The summed E-state index contributed by atoms with van der Waals surface area (Å²) in [6.45, 7) is 2.94. The largest absolute Gasteiger partial charge is 0.632 e. The van der Waals surface area contributed by atoms with Crippen molar-refractivity contribution >= 4 is 5.78 Å². The SMILES string of the molecule is C[C@H]1C[C@H]2CC(=O)[C@@]3(O)CCC[N+]4([O-])CCC[C@@]2(O)[C@]34C1. The Bertz CT molecular complexity index is 507. The second-order valence-electron chi connectivity index (χ2n) is 8.06. The third-order valence-corrected chi connectivity index (χ3v) is 7.13. The van der Waals surface area contributed by atoms with Crippen molar-refractivity contribution in [1.82, 2.24) is 0 Å². The lowest BCUT2D eigenvalue weighted by molar-refractivity contribution is -0.964. The fourth-order valence-electron chi connectivity index (χ4n) is 6.49. The molecule has 4 rings (SSSR count). The van der Waals surface area contributed by atoms with Gasteiger partial charge >= 0.3 is 0 Å². The first kappa shape index (κ1) is 14.1. The Morgan fingerprint density at radius 3 is 2.62 bits per heavy atom. The van der Waals surface area contributed by atoms with Crippen molar-refractivity contribution in [3.63, 3.8) is 0 Å². The molecule has 0 radical (unpaired) electrons. The van der Waals surface area contributed by atoms with Gasteiger partial charge in [-0.25, -0.2) is 0 Å². The third kappa shape index (κ3) is 1.31. The summed E-state index contributed by atoms with van der Waals surface area (Å²) in [5.74, 6) is -0.0690. The van der Waals surface area contributed by atoms with E-state index in [0.29, 0.717) is 45.2 Å². The molecule has 0 aromatic carbocycles. The minimum atomic E-state index is -1.62. The Balaban J connectivity index is 2.00. The molecule has 2 aliphatic carbocycles. The molecule has 1 spiro atoms. The van der Waals surface area contributed by atoms with Crippen LogP contribution in [-0.4, -0.2) is 50.5 Å². The molecule has 118 valence electrons. The van der Waals surface area contributed by atoms with Crippen molar-refractivity contribution in [2.24, 2.45) is 11.8 Å². The molecule has 2 saturated carbocycles. The van der Waals surface area contributed by atoms with Crippen molar-refractivity contribution in [3.8, 4) is 0 Å². The molecule has 1 unspecified atom stereocenters. The molecular formula is C16H25NO4. The second-order valence-corrected chi connectivity index (χ2v) is 8.06. The Hall–Kier alpha value is -0.490. The first-order valence-corrected chi connectivity index (χ1v) is 8.35. The van der Waals surface area contributed by atoms with Crippen LogP contribution in [0.4, 0.5) is 0 Å². The molecule has 2 saturated heterocycles. The van der Waals surface area contributed by atoms with E-state index >= 15 is 0 Å². The van der Waals surface area contributed by atoms with Crippen LogP contribution in [0, 0.1) is 17.0 Å². The summed E-state index contributed by atoms with van der Waals surface area (Å²) < 4.78 is -0.549. The van der Waals surface area contributed by atoms with Crippen LogP contribution in [0.15, 0.2) is 0 Å². The number of carbonyl (C=O) groups excluding carboxylic acids is 1. The normalized spacial score (nSPS) is 59.5. The van der Waals surface area contributed by atoms with Crippen molar-refractivity contribution in [3.05, 3.63) is 5.21 Å². The molecule has 5 nitrogen and oxygen atoms in total. The van der Waals surface area contributed by atoms with Gasteiger partial charge in [-0.15, -0.1) is 0 Å². The molecule has 2 bridgehead atoms. The standard InChI is InChI=1S/C16H25NO4/c1-11-8-12-9-13(18)15(20)5-3-7-17(21)6-2-4-14(12,19)16(15,17)10-11/h11-12,19-20H,2-10H2,1H3/t11-,12-,14-,15-,16+,17?/m0/s1. The number of hydrogen-bond acceptors (Lipinski definition) is 4. The molecule has 4 fully saturated rings. The van der Waals surface area contributed by atoms with E-state index in [1.807, 2.05) is 0 Å². The van der Waals surface area contributed by atoms with Crippen molar-refractivity contribution in [1.29, 1.82) is 0 Å². The summed E-state index contributed by atoms with van der Waals surface area (Å²) >= 11 is 0. The molecule has 5 heteroatoms. The van der Waals surface area contributed by atoms with Gasteiger partial charge in [0.25, 0.3) is 0 Å². The number of piperidine rings is 2. The molecule has 6 atom stereocenters. The minimum Gasteiger partial charge on any atom is -0.632 e. The monoisotopic (exact) mass is 295 g/mol. The molecule has 21 heavy (non-hydrogen) atoms. The number of hydroxylamine groups is 3. The van der Waals surface area contributed by atoms with Crippen molar-refractivity contribution in [2.75, 3.05) is 13.1 Å². The zero-order valence-corrected chi connectivity index (χ0v) is 12.7. The lowest BCUT2D eigenvalue weighted by Gasteiger charge is -2.76. The van der Waals surface area contributed by atoms with E-state index < -0.39 is 21.4 Å². The van der Waals surface area contributed by atoms with Gasteiger partial charge in [-0.3, -0.25) is 4.79 Å². The van der Waals surface area contributed by atoms with Gasteiger partial charge in [0.2, 0.25) is 0 Å². The van der Waals surface area contributed by atoms with E-state index in [2.05, 4.69) is 6.92 Å². The fraction of sp³-hybridized carbons (Fsp3) is 0.938. The van der Waals surface area contributed by atoms with Gasteiger partial charge in [0.15, 0.2) is 16.9 Å². The first-order valence-electron chi connectivity index (χ1n) is 8.35. The van der Waals surface area contributed by atoms with E-state index in [1.54, 1.807) is 0 Å². The fourth-order valence-corrected chi connectivity index (χ4v) is 6.49. The Morgan fingerprint density at radius 1 is 1.24 bits per heavy atom. The predicted octanol–water partition coefficient (Wildman–Crippen LogP) is 1.11. The lowest BCUT2D eigenvalue weighted by atomic mass is 9.44. The summed E-state index contributed by atoms with van der Waals surface area (Å²) in [5.41, 5.74) is -4.00. The number of ketones is 1. The maximum atomic E-state index is 13.6. The van der Waals surface area contributed by atoms with Gasteiger partial charge in [0.05, 0.1) is 13.1 Å². The number of carbonyl (C=O) groups is 1. The van der Waals surface area contributed by atoms with Crippen LogP contribution in [0.2, 0.25) is 0 Å². The van der Waals surface area contributed by atoms with Crippen LogP contribution in [0.5, 0.6) is 0 Å². The van der Waals surface area contributed by atoms with E-state index in [-0.39, 0.29) is 24.0 Å². The van der Waals surface area contributed by atoms with Crippen molar-refractivity contribution < 1.29 is 19.7 Å². The maximum Gasteiger partial charge on any atom is 0.181 e. The quantitative estimate of drug-likeness (QED) is 0.518. The number of quaternary nitrogens is 1. The number of aliphatic hydroxyl groups is 2. The molecule has 0 amide bonds. The average molecular weight is 295 g/mol. The highest BCUT2D eigenvalue weighted by Gasteiger charge is 2.81. The summed E-state index contributed by atoms with van der Waals surface area (Å²) in [7, 11) is 0. The van der Waals surface area contributed by atoms with Crippen LogP contribution in [0.1, 0.15) is 51.9 Å². The number of Topliss-reactive ketones (excluding diaryl/α,β-unsaturated/α-hetero) is 1. The van der Waals surface area contributed by atoms with Crippen molar-refractivity contribution in [2.45, 2.75) is 68.6 Å². The van der Waals surface area contributed by atoms with Gasteiger partial charge < -0.3 is 20.1 Å². The average Bonchev–Trinajstić information content (AvgIpc) is 2.38.